The molecule has 158 valence electrons. The van der Waals surface area contributed by atoms with E-state index in [2.05, 4.69) is 10.6 Å². The van der Waals surface area contributed by atoms with Gasteiger partial charge < -0.3 is 25.2 Å². The molecule has 2 N–H and O–H groups in total. The zero-order valence-corrected chi connectivity index (χ0v) is 17.1. The zero-order valence-electron chi connectivity index (χ0n) is 17.1. The number of amides is 3. The number of ether oxygens (including phenoxy) is 1. The van der Waals surface area contributed by atoms with Gasteiger partial charge >= 0.3 is 6.03 Å². The smallest absolute Gasteiger partial charge is 0.321 e. The lowest BCUT2D eigenvalue weighted by Gasteiger charge is -2.51. The Morgan fingerprint density at radius 2 is 1.90 bits per heavy atom. The maximum atomic E-state index is 13.6. The van der Waals surface area contributed by atoms with Crippen molar-refractivity contribution in [3.63, 3.8) is 0 Å². The molecule has 4 rings (SSSR count). The Morgan fingerprint density at radius 3 is 2.57 bits per heavy atom. The normalized spacial score (nSPS) is 17.4. The first-order valence-corrected chi connectivity index (χ1v) is 10.1. The highest BCUT2D eigenvalue weighted by molar-refractivity contribution is 6.02. The summed E-state index contributed by atoms with van der Waals surface area (Å²) in [6.45, 7) is 3.49. The van der Waals surface area contributed by atoms with E-state index in [1.54, 1.807) is 23.1 Å². The van der Waals surface area contributed by atoms with Crippen LogP contribution in [0, 0.1) is 5.82 Å². The molecule has 0 bridgehead atoms. The number of carbonyl (C=O) groups excluding carboxylic acids is 2. The van der Waals surface area contributed by atoms with Gasteiger partial charge in [0.05, 0.1) is 17.9 Å². The molecule has 2 heterocycles. The van der Waals surface area contributed by atoms with Crippen LogP contribution in [0.2, 0.25) is 0 Å². The lowest BCUT2D eigenvalue weighted by atomic mass is 9.90. The third kappa shape index (κ3) is 3.65. The van der Waals surface area contributed by atoms with Crippen LogP contribution < -0.4 is 20.3 Å². The first kappa shape index (κ1) is 20.0. The van der Waals surface area contributed by atoms with Gasteiger partial charge in [0.15, 0.2) is 0 Å². The third-order valence-electron chi connectivity index (χ3n) is 5.85. The van der Waals surface area contributed by atoms with Gasteiger partial charge in [0, 0.05) is 38.7 Å². The van der Waals surface area contributed by atoms with Crippen LogP contribution in [0.25, 0.3) is 0 Å². The molecule has 0 aromatic heterocycles. The molecule has 1 saturated heterocycles. The SMILES string of the molecule is CCOc1ccc(NC(=O)N2CCC3(CC2)NC(=O)c2cc(F)ccc2N3C)cc1. The molecular formula is C22H25FN4O3. The van der Waals surface area contributed by atoms with Crippen LogP contribution in [0.3, 0.4) is 0 Å². The second-order valence-corrected chi connectivity index (χ2v) is 7.58. The summed E-state index contributed by atoms with van der Waals surface area (Å²) in [4.78, 5) is 29.0. The fourth-order valence-corrected chi connectivity index (χ4v) is 4.12. The number of nitrogens with zero attached hydrogens (tertiary/aromatic N) is 2. The maximum absolute atomic E-state index is 13.6. The Kier molecular flexibility index (Phi) is 5.24. The standard InChI is InChI=1S/C22H25FN4O3/c1-3-30-17-7-5-16(6-8-17)24-21(29)27-12-10-22(11-13-27)25-20(28)18-14-15(23)4-9-19(18)26(22)2/h4-9,14H,3,10-13H2,1-2H3,(H,24,29)(H,25,28). The van der Waals surface area contributed by atoms with Gasteiger partial charge in [-0.25, -0.2) is 9.18 Å². The zero-order chi connectivity index (χ0) is 21.3. The lowest BCUT2D eigenvalue weighted by Crippen LogP contribution is -2.67. The van der Waals surface area contributed by atoms with Gasteiger partial charge in [-0.05, 0) is 49.4 Å². The van der Waals surface area contributed by atoms with Gasteiger partial charge in [0.1, 0.15) is 17.2 Å². The molecule has 2 aliphatic rings. The monoisotopic (exact) mass is 412 g/mol. The number of anilines is 2. The highest BCUT2D eigenvalue weighted by atomic mass is 19.1. The van der Waals surface area contributed by atoms with E-state index in [-0.39, 0.29) is 11.9 Å². The molecule has 30 heavy (non-hydrogen) atoms. The van der Waals surface area contributed by atoms with Gasteiger partial charge in [0.2, 0.25) is 0 Å². The molecule has 2 aromatic rings. The summed E-state index contributed by atoms with van der Waals surface area (Å²) in [6, 6.07) is 11.3. The van der Waals surface area contributed by atoms with Crippen LogP contribution in [0.4, 0.5) is 20.6 Å². The Bertz CT molecular complexity index is 955. The van der Waals surface area contributed by atoms with E-state index in [4.69, 9.17) is 4.74 Å². The first-order chi connectivity index (χ1) is 14.4. The van der Waals surface area contributed by atoms with Crippen molar-refractivity contribution >= 4 is 23.3 Å². The van der Waals surface area contributed by atoms with E-state index in [1.165, 1.54) is 12.1 Å². The van der Waals surface area contributed by atoms with E-state index >= 15 is 0 Å². The van der Waals surface area contributed by atoms with Gasteiger partial charge in [0.25, 0.3) is 5.91 Å². The fraction of sp³-hybridized carbons (Fsp3) is 0.364. The van der Waals surface area contributed by atoms with Crippen molar-refractivity contribution in [3.05, 3.63) is 53.8 Å². The number of piperidine rings is 1. The highest BCUT2D eigenvalue weighted by Crippen LogP contribution is 2.36. The van der Waals surface area contributed by atoms with Gasteiger partial charge in [-0.1, -0.05) is 0 Å². The number of rotatable bonds is 3. The highest BCUT2D eigenvalue weighted by Gasteiger charge is 2.44. The number of nitrogens with one attached hydrogen (secondary N) is 2. The minimum Gasteiger partial charge on any atom is -0.494 e. The lowest BCUT2D eigenvalue weighted by molar-refractivity contribution is 0.0814. The molecule has 0 aliphatic carbocycles. The summed E-state index contributed by atoms with van der Waals surface area (Å²) < 4.78 is 19.0. The maximum Gasteiger partial charge on any atom is 0.321 e. The number of urea groups is 1. The summed E-state index contributed by atoms with van der Waals surface area (Å²) >= 11 is 0. The molecule has 2 aromatic carbocycles. The Balaban J connectivity index is 1.41. The largest absolute Gasteiger partial charge is 0.494 e. The Labute approximate surface area is 174 Å². The fourth-order valence-electron chi connectivity index (χ4n) is 4.12. The van der Waals surface area contributed by atoms with Crippen molar-refractivity contribution < 1.29 is 18.7 Å². The van der Waals surface area contributed by atoms with E-state index in [0.29, 0.717) is 49.5 Å². The molecule has 2 aliphatic heterocycles. The van der Waals surface area contributed by atoms with E-state index in [1.807, 2.05) is 31.0 Å². The van der Waals surface area contributed by atoms with Crippen LogP contribution in [0.1, 0.15) is 30.1 Å². The molecule has 0 saturated carbocycles. The van der Waals surface area contributed by atoms with Crippen molar-refractivity contribution in [1.29, 1.82) is 0 Å². The Morgan fingerprint density at radius 1 is 1.20 bits per heavy atom. The Hall–Kier alpha value is -3.29. The molecule has 7 nitrogen and oxygen atoms in total. The van der Waals surface area contributed by atoms with Gasteiger partial charge in [-0.3, -0.25) is 4.79 Å². The summed E-state index contributed by atoms with van der Waals surface area (Å²) in [6.07, 6.45) is 1.14. The number of likely N-dealkylation sites (tertiary alicyclic amines) is 1. The quantitative estimate of drug-likeness (QED) is 0.810. The average Bonchev–Trinajstić information content (AvgIpc) is 2.74. The molecular weight excluding hydrogens is 387 g/mol. The molecule has 3 amide bonds. The number of benzene rings is 2. The van der Waals surface area contributed by atoms with Crippen molar-refractivity contribution in [2.75, 3.05) is 37.0 Å². The number of carbonyl (C=O) groups is 2. The van der Waals surface area contributed by atoms with Crippen molar-refractivity contribution in [3.8, 4) is 5.75 Å². The van der Waals surface area contributed by atoms with E-state index in [0.717, 1.165) is 5.75 Å². The van der Waals surface area contributed by atoms with Crippen LogP contribution in [0.5, 0.6) is 5.75 Å². The second-order valence-electron chi connectivity index (χ2n) is 7.58. The molecule has 8 heteroatoms. The summed E-state index contributed by atoms with van der Waals surface area (Å²) in [5, 5.41) is 5.94. The average molecular weight is 412 g/mol. The van der Waals surface area contributed by atoms with Gasteiger partial charge in [-0.2, -0.15) is 0 Å². The van der Waals surface area contributed by atoms with Crippen LogP contribution >= 0.6 is 0 Å². The van der Waals surface area contributed by atoms with Crippen LogP contribution in [0.15, 0.2) is 42.5 Å². The first-order valence-electron chi connectivity index (χ1n) is 10.1. The molecule has 0 atom stereocenters. The van der Waals surface area contributed by atoms with Gasteiger partial charge in [-0.15, -0.1) is 0 Å². The van der Waals surface area contributed by atoms with Crippen molar-refractivity contribution in [2.24, 2.45) is 0 Å². The van der Waals surface area contributed by atoms with Crippen LogP contribution in [-0.2, 0) is 0 Å². The summed E-state index contributed by atoms with van der Waals surface area (Å²) in [5.74, 6) is 0.0376. The van der Waals surface area contributed by atoms with E-state index < -0.39 is 11.5 Å². The topological polar surface area (TPSA) is 73.9 Å². The van der Waals surface area contributed by atoms with E-state index in [9.17, 15) is 14.0 Å². The molecule has 1 spiro atoms. The van der Waals surface area contributed by atoms with Crippen molar-refractivity contribution in [1.82, 2.24) is 10.2 Å². The molecule has 1 fully saturated rings. The predicted molar refractivity (Wildman–Crippen MR) is 112 cm³/mol. The number of halogens is 1. The predicted octanol–water partition coefficient (Wildman–Crippen LogP) is 3.43. The van der Waals surface area contributed by atoms with Crippen molar-refractivity contribution in [2.45, 2.75) is 25.4 Å². The minimum atomic E-state index is -0.585. The molecule has 0 radical (unpaired) electrons. The summed E-state index contributed by atoms with van der Waals surface area (Å²) in [7, 11) is 1.89. The summed E-state index contributed by atoms with van der Waals surface area (Å²) in [5.41, 5.74) is 1.15. The number of hydrogen-bond acceptors (Lipinski definition) is 4. The van der Waals surface area contributed by atoms with Crippen LogP contribution in [-0.4, -0.2) is 49.2 Å². The third-order valence-corrected chi connectivity index (χ3v) is 5.85. The second kappa shape index (κ2) is 7.85. The number of hydrogen-bond donors (Lipinski definition) is 2. The number of fused-ring (bicyclic) bond motifs is 1. The molecule has 0 unspecified atom stereocenters. The minimum absolute atomic E-state index is 0.179.